The second-order valence-corrected chi connectivity index (χ2v) is 16.8. The molecule has 0 radical (unpaired) electrons. The molecule has 0 amide bonds. The van der Waals surface area contributed by atoms with E-state index < -0.39 is 19.8 Å². The monoisotopic (exact) mass is 414 g/mol. The Balaban J connectivity index is 2.03. The van der Waals surface area contributed by atoms with Crippen molar-refractivity contribution in [1.82, 2.24) is 0 Å². The Labute approximate surface area is 149 Å². The molecule has 3 rings (SSSR count). The Bertz CT molecular complexity index is 550. The van der Waals surface area contributed by atoms with Crippen LogP contribution in [0, 0.1) is 17.8 Å². The molecule has 1 heteroatoms. The van der Waals surface area contributed by atoms with Crippen LogP contribution in [0.1, 0.15) is 40.0 Å². The summed E-state index contributed by atoms with van der Waals surface area (Å²) >= 11 is -2.06. The zero-order valence-electron chi connectivity index (χ0n) is 14.8. The topological polar surface area (TPSA) is 0 Å². The van der Waals surface area contributed by atoms with Gasteiger partial charge in [0.15, 0.2) is 0 Å². The van der Waals surface area contributed by atoms with Crippen molar-refractivity contribution in [2.24, 2.45) is 17.8 Å². The van der Waals surface area contributed by atoms with E-state index in [1.807, 2.05) is 0 Å². The quantitative estimate of drug-likeness (QED) is 0.649. The first-order valence-corrected chi connectivity index (χ1v) is 14.5. The molecular weight excluding hydrogens is 383 g/mol. The van der Waals surface area contributed by atoms with E-state index in [9.17, 15) is 0 Å². The molecule has 23 heavy (non-hydrogen) atoms. The van der Waals surface area contributed by atoms with Gasteiger partial charge in [0.2, 0.25) is 0 Å². The number of benzene rings is 2. The first kappa shape index (κ1) is 17.1. The second kappa shape index (κ2) is 7.87. The van der Waals surface area contributed by atoms with E-state index in [2.05, 4.69) is 81.4 Å². The molecule has 0 spiro atoms. The van der Waals surface area contributed by atoms with Crippen molar-refractivity contribution in [2.45, 2.75) is 44.0 Å². The molecule has 1 aliphatic carbocycles. The zero-order valence-corrected chi connectivity index (χ0v) is 18.1. The number of hydrogen-bond acceptors (Lipinski definition) is 0. The Morgan fingerprint density at radius 3 is 1.83 bits per heavy atom. The van der Waals surface area contributed by atoms with Crippen LogP contribution in [0.4, 0.5) is 0 Å². The van der Waals surface area contributed by atoms with E-state index >= 15 is 0 Å². The molecule has 0 nitrogen and oxygen atoms in total. The van der Waals surface area contributed by atoms with Crippen molar-refractivity contribution in [3.63, 3.8) is 0 Å². The summed E-state index contributed by atoms with van der Waals surface area (Å²) in [5.41, 5.74) is 0. The molecule has 0 aromatic heterocycles. The minimum absolute atomic E-state index is 0.819. The van der Waals surface area contributed by atoms with Gasteiger partial charge < -0.3 is 0 Å². The van der Waals surface area contributed by atoms with E-state index in [1.54, 1.807) is 7.16 Å². The minimum atomic E-state index is -2.06. The predicted molar refractivity (Wildman–Crippen MR) is 104 cm³/mol. The third-order valence-electron chi connectivity index (χ3n) is 5.82. The number of hydrogen-bond donors (Lipinski definition) is 0. The summed E-state index contributed by atoms with van der Waals surface area (Å²) in [6.07, 6.45) is 4.32. The first-order valence-electron chi connectivity index (χ1n) is 9.26. The van der Waals surface area contributed by atoms with Crippen LogP contribution in [-0.4, -0.2) is 19.8 Å². The Hall–Kier alpha value is -0.761. The molecule has 1 fully saturated rings. The molecule has 2 aromatic rings. The molecule has 0 saturated heterocycles. The van der Waals surface area contributed by atoms with Gasteiger partial charge in [0.25, 0.3) is 0 Å². The van der Waals surface area contributed by atoms with E-state index in [1.165, 1.54) is 19.3 Å². The Morgan fingerprint density at radius 2 is 1.35 bits per heavy atom. The molecule has 122 valence electrons. The Morgan fingerprint density at radius 1 is 0.826 bits per heavy atom. The molecule has 2 unspecified atom stereocenters. The van der Waals surface area contributed by atoms with Gasteiger partial charge in [-0.2, -0.15) is 0 Å². The molecule has 0 N–H and O–H groups in total. The van der Waals surface area contributed by atoms with Crippen LogP contribution in [0.15, 0.2) is 60.7 Å². The normalized spacial score (nSPS) is 25.0. The molecule has 1 saturated carbocycles. The average molecular weight is 413 g/mol. The van der Waals surface area contributed by atoms with Crippen molar-refractivity contribution < 1.29 is 0 Å². The zero-order chi connectivity index (χ0) is 16.2. The predicted octanol–water partition coefficient (Wildman–Crippen LogP) is 4.49. The summed E-state index contributed by atoms with van der Waals surface area (Å²) in [7, 11) is 0. The summed E-state index contributed by atoms with van der Waals surface area (Å²) in [6.45, 7) is 7.38. The van der Waals surface area contributed by atoms with Gasteiger partial charge in [-0.3, -0.25) is 0 Å². The number of rotatable bonds is 4. The summed E-state index contributed by atoms with van der Waals surface area (Å²) < 4.78 is 4.36. The first-order chi connectivity index (χ1) is 11.2. The van der Waals surface area contributed by atoms with Gasteiger partial charge in [0.05, 0.1) is 0 Å². The molecule has 2 aromatic carbocycles. The molecule has 0 aliphatic heterocycles. The van der Waals surface area contributed by atoms with Crippen LogP contribution in [0.3, 0.4) is 0 Å². The van der Waals surface area contributed by atoms with E-state index in [4.69, 9.17) is 0 Å². The van der Waals surface area contributed by atoms with Crippen molar-refractivity contribution in [1.29, 1.82) is 0 Å². The third kappa shape index (κ3) is 4.02. The van der Waals surface area contributed by atoms with Gasteiger partial charge in [-0.1, -0.05) is 0 Å². The van der Waals surface area contributed by atoms with Gasteiger partial charge in [0, 0.05) is 0 Å². The van der Waals surface area contributed by atoms with Gasteiger partial charge in [-0.15, -0.1) is 0 Å². The van der Waals surface area contributed by atoms with Crippen molar-refractivity contribution in [3.8, 4) is 0 Å². The van der Waals surface area contributed by atoms with Gasteiger partial charge in [-0.25, -0.2) is 0 Å². The maximum absolute atomic E-state index is 2.47. The van der Waals surface area contributed by atoms with Crippen LogP contribution >= 0.6 is 0 Å². The van der Waals surface area contributed by atoms with Crippen LogP contribution in [0.25, 0.3) is 0 Å². The van der Waals surface area contributed by atoms with Crippen molar-refractivity contribution >= 4 is 26.9 Å². The van der Waals surface area contributed by atoms with Crippen LogP contribution < -0.4 is 7.16 Å². The van der Waals surface area contributed by atoms with E-state index in [-0.39, 0.29) is 0 Å². The summed E-state index contributed by atoms with van der Waals surface area (Å²) in [5, 5.41) is 0. The molecule has 0 bridgehead atoms. The van der Waals surface area contributed by atoms with Crippen LogP contribution in [0.2, 0.25) is 3.93 Å². The molecule has 0 heterocycles. The maximum atomic E-state index is 2.47. The fourth-order valence-electron chi connectivity index (χ4n) is 4.67. The summed E-state index contributed by atoms with van der Waals surface area (Å²) in [6, 6.07) is 23.0. The van der Waals surface area contributed by atoms with E-state index in [0.717, 1.165) is 21.7 Å². The average Bonchev–Trinajstić information content (AvgIpc) is 2.57. The van der Waals surface area contributed by atoms with Gasteiger partial charge >= 0.3 is 149 Å². The molecule has 1 aliphatic rings. The molecule has 3 atom stereocenters. The van der Waals surface area contributed by atoms with E-state index in [0.29, 0.717) is 0 Å². The summed E-state index contributed by atoms with van der Waals surface area (Å²) in [5.74, 6) is 2.65. The van der Waals surface area contributed by atoms with Crippen molar-refractivity contribution in [3.05, 3.63) is 60.7 Å². The van der Waals surface area contributed by atoms with Gasteiger partial charge in [0.1, 0.15) is 0 Å². The summed E-state index contributed by atoms with van der Waals surface area (Å²) in [4.78, 5) is 0. The van der Waals surface area contributed by atoms with Crippen molar-refractivity contribution in [2.75, 3.05) is 0 Å². The standard InChI is InChI=1S/C10H19.2C6H5.Sn.H/c1-8(2)10-6-4-9(3)5-7-10;2*1-2-4-6-5-3-1;;/h6,8-10H,4-5,7H2,1-3H3;2*1-5H;;/t9-,10?;;;;/m0..../s1. The van der Waals surface area contributed by atoms with Crippen LogP contribution in [-0.2, 0) is 0 Å². The van der Waals surface area contributed by atoms with Crippen LogP contribution in [0.5, 0.6) is 0 Å². The van der Waals surface area contributed by atoms with Gasteiger partial charge in [-0.05, 0) is 0 Å². The SMILES string of the molecule is CC(C)C1CC[C@@H](C)C[CH]1[SnH]([c]1ccccc1)[c]1ccccc1. The fraction of sp³-hybridized carbons (Fsp3) is 0.455. The third-order valence-corrected chi connectivity index (χ3v) is 16.7. The second-order valence-electron chi connectivity index (χ2n) is 7.79. The molecular formula is C22H30Sn. The Kier molecular flexibility index (Phi) is 5.85. The fourth-order valence-corrected chi connectivity index (χ4v) is 17.6.